The van der Waals surface area contributed by atoms with Gasteiger partial charge in [-0.15, -0.1) is 0 Å². The van der Waals surface area contributed by atoms with Crippen LogP contribution in [0.3, 0.4) is 0 Å². The fraction of sp³-hybridized carbons (Fsp3) is 0.280. The van der Waals surface area contributed by atoms with Crippen molar-refractivity contribution in [1.82, 2.24) is 9.29 Å². The molecule has 2 heterocycles. The smallest absolute Gasteiger partial charge is 0.260 e. The predicted octanol–water partition coefficient (Wildman–Crippen LogP) is 4.78. The molecule has 0 saturated heterocycles. The molecule has 0 radical (unpaired) electrons. The number of rotatable bonds is 10. The van der Waals surface area contributed by atoms with Crippen LogP contribution < -0.4 is 14.4 Å². The van der Waals surface area contributed by atoms with Crippen molar-refractivity contribution >= 4 is 42.6 Å². The lowest BCUT2D eigenvalue weighted by atomic mass is 10.2. The Morgan fingerprint density at radius 1 is 1.00 bits per heavy atom. The van der Waals surface area contributed by atoms with Gasteiger partial charge in [-0.05, 0) is 48.5 Å². The second kappa shape index (κ2) is 10.7. The standard InChI is InChI=1S/C25H27N3O6S2/c1-5-27(6-2)36(30,31)19-11-9-17(10-12-19)24(29)28(16-18-8-7-15-34-18)25-26-22-20(32-3)13-14-21(33-4)23(22)35-25/h7-15H,5-6,16H2,1-4H3. The van der Waals surface area contributed by atoms with E-state index in [4.69, 9.17) is 18.9 Å². The van der Waals surface area contributed by atoms with E-state index in [1.165, 1.54) is 51.1 Å². The number of thiazole rings is 1. The van der Waals surface area contributed by atoms with Crippen LogP contribution in [0.15, 0.2) is 64.1 Å². The van der Waals surface area contributed by atoms with Gasteiger partial charge in [0.15, 0.2) is 5.13 Å². The Balaban J connectivity index is 1.75. The maximum atomic E-state index is 13.7. The van der Waals surface area contributed by atoms with Crippen LogP contribution in [-0.4, -0.2) is 50.9 Å². The molecule has 9 nitrogen and oxygen atoms in total. The maximum Gasteiger partial charge on any atom is 0.260 e. The molecule has 0 saturated carbocycles. The number of amides is 1. The third kappa shape index (κ3) is 4.81. The minimum Gasteiger partial charge on any atom is -0.495 e. The predicted molar refractivity (Wildman–Crippen MR) is 138 cm³/mol. The second-order valence-corrected chi connectivity index (χ2v) is 10.6. The fourth-order valence-corrected chi connectivity index (χ4v) is 6.34. The molecule has 0 aliphatic rings. The zero-order valence-corrected chi connectivity index (χ0v) is 22.1. The number of benzene rings is 2. The molecule has 0 aliphatic heterocycles. The van der Waals surface area contributed by atoms with E-state index in [-0.39, 0.29) is 17.3 Å². The lowest BCUT2D eigenvalue weighted by Gasteiger charge is -2.20. The monoisotopic (exact) mass is 529 g/mol. The number of anilines is 1. The van der Waals surface area contributed by atoms with Gasteiger partial charge < -0.3 is 13.9 Å². The summed E-state index contributed by atoms with van der Waals surface area (Å²) in [5.41, 5.74) is 0.896. The number of carbonyl (C=O) groups excluding carboxylic acids is 1. The van der Waals surface area contributed by atoms with E-state index in [1.54, 1.807) is 52.3 Å². The van der Waals surface area contributed by atoms with Gasteiger partial charge >= 0.3 is 0 Å². The summed E-state index contributed by atoms with van der Waals surface area (Å²) in [4.78, 5) is 20.0. The summed E-state index contributed by atoms with van der Waals surface area (Å²) < 4.78 is 44.3. The van der Waals surface area contributed by atoms with Crippen molar-refractivity contribution in [3.63, 3.8) is 0 Å². The number of hydrogen-bond acceptors (Lipinski definition) is 8. The highest BCUT2D eigenvalue weighted by atomic mass is 32.2. The Morgan fingerprint density at radius 3 is 2.25 bits per heavy atom. The Hall–Kier alpha value is -3.41. The van der Waals surface area contributed by atoms with E-state index < -0.39 is 10.0 Å². The molecule has 0 bridgehead atoms. The molecule has 0 aliphatic carbocycles. The van der Waals surface area contributed by atoms with Gasteiger partial charge in [-0.3, -0.25) is 9.69 Å². The average Bonchev–Trinajstić information content (AvgIpc) is 3.57. The van der Waals surface area contributed by atoms with Gasteiger partial charge in [-0.1, -0.05) is 25.2 Å². The second-order valence-electron chi connectivity index (χ2n) is 7.73. The van der Waals surface area contributed by atoms with E-state index in [0.717, 1.165) is 4.70 Å². The highest BCUT2D eigenvalue weighted by Crippen LogP contribution is 2.40. The average molecular weight is 530 g/mol. The summed E-state index contributed by atoms with van der Waals surface area (Å²) in [6.07, 6.45) is 1.54. The highest BCUT2D eigenvalue weighted by Gasteiger charge is 2.26. The van der Waals surface area contributed by atoms with Crippen LogP contribution in [0.25, 0.3) is 10.2 Å². The Labute approximate surface area is 213 Å². The minimum atomic E-state index is -3.63. The van der Waals surface area contributed by atoms with E-state index in [0.29, 0.717) is 46.6 Å². The lowest BCUT2D eigenvalue weighted by molar-refractivity contribution is 0.0983. The van der Waals surface area contributed by atoms with E-state index in [1.807, 2.05) is 0 Å². The molecule has 2 aromatic carbocycles. The van der Waals surface area contributed by atoms with Crippen LogP contribution in [-0.2, 0) is 16.6 Å². The molecule has 4 aromatic rings. The van der Waals surface area contributed by atoms with Gasteiger partial charge in [0.25, 0.3) is 5.91 Å². The largest absolute Gasteiger partial charge is 0.495 e. The summed E-state index contributed by atoms with van der Waals surface area (Å²) in [6, 6.07) is 13.0. The van der Waals surface area contributed by atoms with Crippen molar-refractivity contribution in [2.24, 2.45) is 0 Å². The molecule has 0 atom stereocenters. The number of furan rings is 1. The van der Waals surface area contributed by atoms with Crippen LogP contribution in [0, 0.1) is 0 Å². The number of nitrogens with zero attached hydrogens (tertiary/aromatic N) is 3. The van der Waals surface area contributed by atoms with Gasteiger partial charge in [0.05, 0.1) is 31.9 Å². The Kier molecular flexibility index (Phi) is 7.62. The quantitative estimate of drug-likeness (QED) is 0.291. The number of hydrogen-bond donors (Lipinski definition) is 0. The van der Waals surface area contributed by atoms with Crippen LogP contribution in [0.2, 0.25) is 0 Å². The highest BCUT2D eigenvalue weighted by molar-refractivity contribution is 7.89. The number of carbonyl (C=O) groups is 1. The molecule has 36 heavy (non-hydrogen) atoms. The van der Waals surface area contributed by atoms with Gasteiger partial charge in [-0.2, -0.15) is 4.31 Å². The van der Waals surface area contributed by atoms with Crippen molar-refractivity contribution in [3.8, 4) is 11.5 Å². The maximum absolute atomic E-state index is 13.7. The van der Waals surface area contributed by atoms with Crippen molar-refractivity contribution < 1.29 is 27.1 Å². The van der Waals surface area contributed by atoms with Crippen LogP contribution in [0.1, 0.15) is 30.0 Å². The van der Waals surface area contributed by atoms with Crippen molar-refractivity contribution in [3.05, 3.63) is 66.1 Å². The molecule has 0 spiro atoms. The van der Waals surface area contributed by atoms with Gasteiger partial charge in [0.1, 0.15) is 27.5 Å². The van der Waals surface area contributed by atoms with Gasteiger partial charge in [0.2, 0.25) is 10.0 Å². The SMILES string of the molecule is CCN(CC)S(=O)(=O)c1ccc(C(=O)N(Cc2ccco2)c2nc3c(OC)ccc(OC)c3s2)cc1. The lowest BCUT2D eigenvalue weighted by Crippen LogP contribution is -2.31. The first kappa shape index (κ1) is 25.7. The zero-order valence-electron chi connectivity index (χ0n) is 20.4. The summed E-state index contributed by atoms with van der Waals surface area (Å²) in [7, 11) is -0.509. The van der Waals surface area contributed by atoms with Gasteiger partial charge in [0, 0.05) is 18.7 Å². The summed E-state index contributed by atoms with van der Waals surface area (Å²) in [5.74, 6) is 1.40. The molecule has 2 aromatic heterocycles. The molecular weight excluding hydrogens is 502 g/mol. The normalized spacial score (nSPS) is 11.7. The molecule has 0 fully saturated rings. The fourth-order valence-electron chi connectivity index (χ4n) is 3.81. The van der Waals surface area contributed by atoms with Crippen molar-refractivity contribution in [2.75, 3.05) is 32.2 Å². The van der Waals surface area contributed by atoms with Gasteiger partial charge in [-0.25, -0.2) is 13.4 Å². The molecule has 0 N–H and O–H groups in total. The number of methoxy groups -OCH3 is 2. The first-order valence-corrected chi connectivity index (χ1v) is 13.6. The van der Waals surface area contributed by atoms with Crippen LogP contribution in [0.5, 0.6) is 11.5 Å². The van der Waals surface area contributed by atoms with Crippen LogP contribution in [0.4, 0.5) is 5.13 Å². The topological polar surface area (TPSA) is 102 Å². The molecule has 190 valence electrons. The molecule has 0 unspecified atom stereocenters. The third-order valence-corrected chi connectivity index (χ3v) is 8.87. The van der Waals surface area contributed by atoms with Crippen LogP contribution >= 0.6 is 11.3 Å². The van der Waals surface area contributed by atoms with E-state index in [9.17, 15) is 13.2 Å². The Bertz CT molecular complexity index is 1400. The summed E-state index contributed by atoms with van der Waals surface area (Å²) in [6.45, 7) is 4.43. The number of aromatic nitrogens is 1. The Morgan fingerprint density at radius 2 is 1.67 bits per heavy atom. The zero-order chi connectivity index (χ0) is 25.9. The molecule has 11 heteroatoms. The number of ether oxygens (including phenoxy) is 2. The number of sulfonamides is 1. The van der Waals surface area contributed by atoms with E-state index >= 15 is 0 Å². The minimum absolute atomic E-state index is 0.134. The third-order valence-electron chi connectivity index (χ3n) is 5.71. The molecule has 1 amide bonds. The van der Waals surface area contributed by atoms with Crippen molar-refractivity contribution in [2.45, 2.75) is 25.3 Å². The first-order valence-electron chi connectivity index (χ1n) is 11.3. The van der Waals surface area contributed by atoms with Crippen molar-refractivity contribution in [1.29, 1.82) is 0 Å². The summed E-state index contributed by atoms with van der Waals surface area (Å²) in [5, 5.41) is 0.425. The molecular formula is C25H27N3O6S2. The van der Waals surface area contributed by atoms with E-state index in [2.05, 4.69) is 0 Å². The molecule has 4 rings (SSSR count). The number of fused-ring (bicyclic) bond motifs is 1. The first-order chi connectivity index (χ1) is 17.3. The summed E-state index contributed by atoms with van der Waals surface area (Å²) >= 11 is 1.29.